The van der Waals surface area contributed by atoms with Crippen LogP contribution in [0, 0.1) is 0 Å². The first-order valence-corrected chi connectivity index (χ1v) is 7.89. The van der Waals surface area contributed by atoms with Crippen LogP contribution in [0.1, 0.15) is 36.0 Å². The summed E-state index contributed by atoms with van der Waals surface area (Å²) < 4.78 is 0. The van der Waals surface area contributed by atoms with Crippen LogP contribution in [-0.2, 0) is 0 Å². The summed E-state index contributed by atoms with van der Waals surface area (Å²) >= 11 is 1.89. The van der Waals surface area contributed by atoms with Gasteiger partial charge < -0.3 is 16.8 Å². The van der Waals surface area contributed by atoms with Gasteiger partial charge in [-0.1, -0.05) is 12.8 Å². The predicted molar refractivity (Wildman–Crippen MR) is 82.6 cm³/mol. The Kier molecular flexibility index (Phi) is 4.58. The summed E-state index contributed by atoms with van der Waals surface area (Å²) in [6, 6.07) is 5.68. The van der Waals surface area contributed by atoms with Gasteiger partial charge in [0.15, 0.2) is 0 Å². The molecule has 1 fully saturated rings. The molecule has 2 unspecified atom stereocenters. The van der Waals surface area contributed by atoms with Crippen molar-refractivity contribution in [2.75, 3.05) is 17.3 Å². The van der Waals surface area contributed by atoms with Crippen molar-refractivity contribution < 1.29 is 4.79 Å². The summed E-state index contributed by atoms with van der Waals surface area (Å²) in [5.74, 6) is -0.439. The van der Waals surface area contributed by atoms with Crippen LogP contribution in [0.2, 0.25) is 0 Å². The first-order chi connectivity index (χ1) is 9.11. The van der Waals surface area contributed by atoms with E-state index in [-0.39, 0.29) is 0 Å². The molecule has 1 saturated carbocycles. The molecule has 2 atom stereocenters. The number of amides is 1. The Bertz CT molecular complexity index is 464. The third kappa shape index (κ3) is 3.35. The van der Waals surface area contributed by atoms with Gasteiger partial charge in [-0.05, 0) is 37.3 Å². The molecule has 19 heavy (non-hydrogen) atoms. The van der Waals surface area contributed by atoms with Gasteiger partial charge in [-0.3, -0.25) is 4.79 Å². The third-order valence-electron chi connectivity index (χ3n) is 3.66. The largest absolute Gasteiger partial charge is 0.399 e. The Hall–Kier alpha value is -1.36. The number of carbonyl (C=O) groups is 1. The number of hydrogen-bond acceptors (Lipinski definition) is 4. The first-order valence-electron chi connectivity index (χ1n) is 6.60. The molecule has 1 aromatic carbocycles. The van der Waals surface area contributed by atoms with Crippen LogP contribution in [-0.4, -0.2) is 23.5 Å². The van der Waals surface area contributed by atoms with Crippen molar-refractivity contribution in [3.05, 3.63) is 23.8 Å². The lowest BCUT2D eigenvalue weighted by Crippen LogP contribution is -2.35. The summed E-state index contributed by atoms with van der Waals surface area (Å²) in [4.78, 5) is 11.5. The minimum atomic E-state index is -0.439. The quantitative estimate of drug-likeness (QED) is 0.739. The number of thioether (sulfide) groups is 1. The Morgan fingerprint density at radius 3 is 2.79 bits per heavy atom. The average molecular weight is 279 g/mol. The van der Waals surface area contributed by atoms with E-state index in [0.29, 0.717) is 22.5 Å². The minimum Gasteiger partial charge on any atom is -0.399 e. The molecule has 0 aromatic heterocycles. The number of nitrogens with two attached hydrogens (primary N) is 2. The molecule has 0 spiro atoms. The fourth-order valence-corrected chi connectivity index (χ4v) is 3.57. The van der Waals surface area contributed by atoms with E-state index in [0.717, 1.165) is 12.1 Å². The molecule has 0 aliphatic heterocycles. The molecule has 1 aliphatic carbocycles. The SMILES string of the molecule is CSC1CCCCC1Nc1ccc(N)cc1C(N)=O. The number of nitrogens with one attached hydrogen (secondary N) is 1. The van der Waals surface area contributed by atoms with Crippen molar-refractivity contribution in [2.24, 2.45) is 5.73 Å². The van der Waals surface area contributed by atoms with E-state index < -0.39 is 5.91 Å². The molecular weight excluding hydrogens is 258 g/mol. The molecule has 0 radical (unpaired) electrons. The van der Waals surface area contributed by atoms with Gasteiger partial charge >= 0.3 is 0 Å². The minimum absolute atomic E-state index is 0.394. The van der Waals surface area contributed by atoms with E-state index in [9.17, 15) is 4.79 Å². The van der Waals surface area contributed by atoms with Gasteiger partial charge in [-0.25, -0.2) is 0 Å². The number of primary amides is 1. The Balaban J connectivity index is 2.20. The average Bonchev–Trinajstić information content (AvgIpc) is 2.41. The molecule has 2 rings (SSSR count). The van der Waals surface area contributed by atoms with Crippen LogP contribution < -0.4 is 16.8 Å². The van der Waals surface area contributed by atoms with Gasteiger partial charge in [0.05, 0.1) is 5.56 Å². The zero-order chi connectivity index (χ0) is 13.8. The van der Waals surface area contributed by atoms with Crippen molar-refractivity contribution in [3.63, 3.8) is 0 Å². The summed E-state index contributed by atoms with van der Waals surface area (Å²) in [6.07, 6.45) is 7.01. The van der Waals surface area contributed by atoms with Crippen LogP contribution in [0.4, 0.5) is 11.4 Å². The monoisotopic (exact) mass is 279 g/mol. The second kappa shape index (κ2) is 6.19. The normalized spacial score (nSPS) is 23.0. The van der Waals surface area contributed by atoms with Crippen molar-refractivity contribution in [1.29, 1.82) is 0 Å². The third-order valence-corrected chi connectivity index (χ3v) is 4.83. The fourth-order valence-electron chi connectivity index (χ4n) is 2.64. The van der Waals surface area contributed by atoms with Crippen LogP contribution in [0.5, 0.6) is 0 Å². The lowest BCUT2D eigenvalue weighted by molar-refractivity contribution is 0.100. The summed E-state index contributed by atoms with van der Waals surface area (Å²) in [5.41, 5.74) is 13.0. The van der Waals surface area contributed by atoms with Crippen molar-refractivity contribution >= 4 is 29.0 Å². The van der Waals surface area contributed by atoms with Crippen LogP contribution in [0.15, 0.2) is 18.2 Å². The summed E-state index contributed by atoms with van der Waals surface area (Å²) in [6.45, 7) is 0. The summed E-state index contributed by atoms with van der Waals surface area (Å²) in [5, 5.41) is 4.07. The van der Waals surface area contributed by atoms with E-state index in [1.54, 1.807) is 12.1 Å². The van der Waals surface area contributed by atoms with Gasteiger partial charge in [0.25, 0.3) is 5.91 Å². The number of nitrogen functional groups attached to an aromatic ring is 1. The van der Waals surface area contributed by atoms with Gasteiger partial charge in [-0.15, -0.1) is 0 Å². The van der Waals surface area contributed by atoms with Crippen LogP contribution in [0.25, 0.3) is 0 Å². The van der Waals surface area contributed by atoms with Crippen LogP contribution in [0.3, 0.4) is 0 Å². The standard InChI is InChI=1S/C14H21N3OS/c1-19-13-5-3-2-4-12(13)17-11-7-6-9(15)8-10(11)14(16)18/h6-8,12-13,17H,2-5,15H2,1H3,(H2,16,18). The van der Waals surface area contributed by atoms with E-state index in [1.807, 2.05) is 17.8 Å². The maximum atomic E-state index is 11.5. The molecule has 1 aromatic rings. The van der Waals surface area contributed by atoms with Crippen LogP contribution >= 0.6 is 11.8 Å². The molecule has 104 valence electrons. The number of benzene rings is 1. The van der Waals surface area contributed by atoms with Crippen molar-refractivity contribution in [2.45, 2.75) is 37.0 Å². The highest BCUT2D eigenvalue weighted by atomic mass is 32.2. The molecule has 4 nitrogen and oxygen atoms in total. The zero-order valence-corrected chi connectivity index (χ0v) is 12.0. The summed E-state index contributed by atoms with van der Waals surface area (Å²) in [7, 11) is 0. The number of rotatable bonds is 4. The van der Waals surface area contributed by atoms with Gasteiger partial charge in [0.2, 0.25) is 0 Å². The molecule has 5 heteroatoms. The Morgan fingerprint density at radius 2 is 2.11 bits per heavy atom. The number of carbonyl (C=O) groups excluding carboxylic acids is 1. The molecule has 0 heterocycles. The molecule has 0 bridgehead atoms. The van der Waals surface area contributed by atoms with Gasteiger partial charge in [-0.2, -0.15) is 11.8 Å². The lowest BCUT2D eigenvalue weighted by atomic mass is 9.94. The highest BCUT2D eigenvalue weighted by Crippen LogP contribution is 2.30. The molecule has 1 aliphatic rings. The highest BCUT2D eigenvalue weighted by Gasteiger charge is 2.25. The lowest BCUT2D eigenvalue weighted by Gasteiger charge is -2.32. The van der Waals surface area contributed by atoms with E-state index in [1.165, 1.54) is 19.3 Å². The Morgan fingerprint density at radius 1 is 1.37 bits per heavy atom. The molecule has 5 N–H and O–H groups in total. The fraction of sp³-hybridized carbons (Fsp3) is 0.500. The highest BCUT2D eigenvalue weighted by molar-refractivity contribution is 7.99. The maximum Gasteiger partial charge on any atom is 0.250 e. The molecular formula is C14H21N3OS. The maximum absolute atomic E-state index is 11.5. The van der Waals surface area contributed by atoms with E-state index in [4.69, 9.17) is 11.5 Å². The topological polar surface area (TPSA) is 81.1 Å². The second-order valence-electron chi connectivity index (χ2n) is 4.98. The van der Waals surface area contributed by atoms with E-state index in [2.05, 4.69) is 11.6 Å². The Labute approximate surface area is 118 Å². The van der Waals surface area contributed by atoms with Gasteiger partial charge in [0, 0.05) is 22.7 Å². The number of hydrogen-bond donors (Lipinski definition) is 3. The number of anilines is 2. The molecule has 0 saturated heterocycles. The van der Waals surface area contributed by atoms with Gasteiger partial charge in [0.1, 0.15) is 0 Å². The van der Waals surface area contributed by atoms with Crippen molar-refractivity contribution in [1.82, 2.24) is 0 Å². The zero-order valence-electron chi connectivity index (χ0n) is 11.2. The van der Waals surface area contributed by atoms with E-state index >= 15 is 0 Å². The van der Waals surface area contributed by atoms with Crippen molar-refractivity contribution in [3.8, 4) is 0 Å². The predicted octanol–water partition coefficient (Wildman–Crippen LogP) is 2.45. The molecule has 1 amide bonds. The first kappa shape index (κ1) is 14.1. The second-order valence-corrected chi connectivity index (χ2v) is 6.06. The smallest absolute Gasteiger partial charge is 0.250 e.